The average Bonchev–Trinajstić information content (AvgIpc) is 3.30. The van der Waals surface area contributed by atoms with Crippen LogP contribution in [-0.2, 0) is 0 Å². The molecule has 98 valence electrons. The highest BCUT2D eigenvalue weighted by atomic mass is 15.0. The summed E-state index contributed by atoms with van der Waals surface area (Å²) in [5.74, 6) is 2.53. The average molecular weight is 253 g/mol. The molecule has 1 aromatic heterocycles. The van der Waals surface area contributed by atoms with E-state index in [1.807, 2.05) is 18.2 Å². The number of nitrogens with one attached hydrogen (secondary N) is 1. The summed E-state index contributed by atoms with van der Waals surface area (Å²) in [4.78, 5) is 9.36. The quantitative estimate of drug-likeness (QED) is 0.879. The van der Waals surface area contributed by atoms with Gasteiger partial charge in [-0.15, -0.1) is 0 Å². The molecule has 0 atom stereocenters. The molecule has 2 aromatic rings. The van der Waals surface area contributed by atoms with Gasteiger partial charge >= 0.3 is 0 Å². The molecule has 0 spiro atoms. The van der Waals surface area contributed by atoms with Gasteiger partial charge in [0.2, 0.25) is 0 Å². The molecule has 1 aromatic carbocycles. The van der Waals surface area contributed by atoms with E-state index in [1.165, 1.54) is 12.8 Å². The van der Waals surface area contributed by atoms with Crippen molar-refractivity contribution in [3.63, 3.8) is 0 Å². The second-order valence-electron chi connectivity index (χ2n) is 5.06. The molecule has 19 heavy (non-hydrogen) atoms. The second kappa shape index (κ2) is 5.39. The van der Waals surface area contributed by atoms with Gasteiger partial charge in [0.25, 0.3) is 0 Å². The van der Waals surface area contributed by atoms with Crippen LogP contribution in [-0.4, -0.2) is 16.5 Å². The molecular formula is C16H19N3. The number of hydrogen-bond donors (Lipinski definition) is 1. The second-order valence-corrected chi connectivity index (χ2v) is 5.06. The van der Waals surface area contributed by atoms with Crippen molar-refractivity contribution >= 4 is 5.82 Å². The third-order valence-corrected chi connectivity index (χ3v) is 3.31. The normalized spacial score (nSPS) is 14.4. The molecule has 0 unspecified atom stereocenters. The Kier molecular flexibility index (Phi) is 3.45. The molecule has 0 aliphatic heterocycles. The van der Waals surface area contributed by atoms with Crippen LogP contribution in [0.3, 0.4) is 0 Å². The van der Waals surface area contributed by atoms with Gasteiger partial charge in [0, 0.05) is 24.1 Å². The Morgan fingerprint density at radius 3 is 2.63 bits per heavy atom. The summed E-state index contributed by atoms with van der Waals surface area (Å²) in [6, 6.07) is 12.4. The van der Waals surface area contributed by atoms with E-state index < -0.39 is 0 Å². The van der Waals surface area contributed by atoms with Crippen LogP contribution in [0.5, 0.6) is 0 Å². The lowest BCUT2D eigenvalue weighted by atomic mass is 10.1. The summed E-state index contributed by atoms with van der Waals surface area (Å²) in [6.45, 7) is 3.11. The predicted octanol–water partition coefficient (Wildman–Crippen LogP) is 3.84. The van der Waals surface area contributed by atoms with Crippen LogP contribution in [0.15, 0.2) is 36.4 Å². The zero-order valence-corrected chi connectivity index (χ0v) is 11.3. The maximum absolute atomic E-state index is 4.72. The third kappa shape index (κ3) is 2.92. The number of nitrogens with zero attached hydrogens (tertiary/aromatic N) is 2. The van der Waals surface area contributed by atoms with Crippen molar-refractivity contribution in [2.45, 2.75) is 32.1 Å². The van der Waals surface area contributed by atoms with Gasteiger partial charge in [0.05, 0.1) is 5.69 Å². The minimum Gasteiger partial charge on any atom is -0.370 e. The summed E-state index contributed by atoms with van der Waals surface area (Å²) < 4.78 is 0. The van der Waals surface area contributed by atoms with E-state index in [1.54, 1.807) is 0 Å². The van der Waals surface area contributed by atoms with Gasteiger partial charge in [-0.1, -0.05) is 37.3 Å². The zero-order valence-electron chi connectivity index (χ0n) is 11.3. The molecule has 1 aliphatic rings. The van der Waals surface area contributed by atoms with E-state index in [-0.39, 0.29) is 0 Å². The first-order valence-electron chi connectivity index (χ1n) is 7.05. The lowest BCUT2D eigenvalue weighted by molar-refractivity contribution is 0.911. The van der Waals surface area contributed by atoms with Crippen molar-refractivity contribution in [1.29, 1.82) is 0 Å². The van der Waals surface area contributed by atoms with E-state index >= 15 is 0 Å². The van der Waals surface area contributed by atoms with Crippen LogP contribution in [0.2, 0.25) is 0 Å². The molecule has 1 saturated carbocycles. The highest BCUT2D eigenvalue weighted by Crippen LogP contribution is 2.39. The smallest absolute Gasteiger partial charge is 0.134 e. The zero-order chi connectivity index (χ0) is 13.1. The van der Waals surface area contributed by atoms with Crippen LogP contribution in [0.4, 0.5) is 5.82 Å². The molecule has 3 heteroatoms. The molecule has 0 bridgehead atoms. The molecule has 1 heterocycles. The predicted molar refractivity (Wildman–Crippen MR) is 78.2 cm³/mol. The number of rotatable bonds is 5. The first-order valence-corrected chi connectivity index (χ1v) is 7.05. The van der Waals surface area contributed by atoms with Gasteiger partial charge in [-0.3, -0.25) is 0 Å². The fourth-order valence-corrected chi connectivity index (χ4v) is 2.09. The third-order valence-electron chi connectivity index (χ3n) is 3.31. The molecule has 3 nitrogen and oxygen atoms in total. The molecule has 0 saturated heterocycles. The van der Waals surface area contributed by atoms with Crippen LogP contribution >= 0.6 is 0 Å². The van der Waals surface area contributed by atoms with Gasteiger partial charge in [-0.2, -0.15) is 0 Å². The van der Waals surface area contributed by atoms with Crippen molar-refractivity contribution in [3.05, 3.63) is 42.2 Å². The van der Waals surface area contributed by atoms with Crippen molar-refractivity contribution in [3.8, 4) is 11.3 Å². The van der Waals surface area contributed by atoms with Crippen LogP contribution in [0, 0.1) is 0 Å². The Balaban J connectivity index is 1.96. The van der Waals surface area contributed by atoms with Crippen molar-refractivity contribution in [1.82, 2.24) is 9.97 Å². The number of hydrogen-bond acceptors (Lipinski definition) is 3. The SMILES string of the molecule is CCCNc1cc(-c2ccccc2)nc(C2CC2)n1. The molecule has 0 radical (unpaired) electrons. The molecule has 0 amide bonds. The van der Waals surface area contributed by atoms with E-state index in [9.17, 15) is 0 Å². The Labute approximate surface area is 114 Å². The molecule has 1 N–H and O–H groups in total. The van der Waals surface area contributed by atoms with Crippen molar-refractivity contribution in [2.75, 3.05) is 11.9 Å². The fourth-order valence-electron chi connectivity index (χ4n) is 2.09. The number of aromatic nitrogens is 2. The summed E-state index contributed by atoms with van der Waals surface area (Å²) in [5.41, 5.74) is 2.18. The van der Waals surface area contributed by atoms with Crippen molar-refractivity contribution < 1.29 is 0 Å². The summed E-state index contributed by atoms with van der Waals surface area (Å²) >= 11 is 0. The first kappa shape index (κ1) is 12.2. The summed E-state index contributed by atoms with van der Waals surface area (Å²) in [6.07, 6.45) is 3.56. The van der Waals surface area contributed by atoms with E-state index in [2.05, 4.69) is 35.4 Å². The number of anilines is 1. The molecule has 3 rings (SSSR count). The van der Waals surface area contributed by atoms with E-state index in [4.69, 9.17) is 4.98 Å². The topological polar surface area (TPSA) is 37.8 Å². The monoisotopic (exact) mass is 253 g/mol. The van der Waals surface area contributed by atoms with Gasteiger partial charge in [0.1, 0.15) is 11.6 Å². The van der Waals surface area contributed by atoms with Gasteiger partial charge in [-0.05, 0) is 19.3 Å². The Bertz CT molecular complexity index is 547. The molecule has 1 aliphatic carbocycles. The van der Waals surface area contributed by atoms with Gasteiger partial charge < -0.3 is 5.32 Å². The lowest BCUT2D eigenvalue weighted by Crippen LogP contribution is -2.05. The Morgan fingerprint density at radius 2 is 1.95 bits per heavy atom. The van der Waals surface area contributed by atoms with Gasteiger partial charge in [-0.25, -0.2) is 9.97 Å². The largest absolute Gasteiger partial charge is 0.370 e. The Morgan fingerprint density at radius 1 is 1.16 bits per heavy atom. The van der Waals surface area contributed by atoms with Crippen molar-refractivity contribution in [2.24, 2.45) is 0 Å². The highest BCUT2D eigenvalue weighted by Gasteiger charge is 2.27. The maximum Gasteiger partial charge on any atom is 0.134 e. The minimum atomic E-state index is 0.575. The van der Waals surface area contributed by atoms with E-state index in [0.29, 0.717) is 5.92 Å². The van der Waals surface area contributed by atoms with E-state index in [0.717, 1.165) is 35.9 Å². The summed E-state index contributed by atoms with van der Waals surface area (Å²) in [7, 11) is 0. The van der Waals surface area contributed by atoms with Crippen LogP contribution in [0.25, 0.3) is 11.3 Å². The van der Waals surface area contributed by atoms with Crippen LogP contribution in [0.1, 0.15) is 37.9 Å². The lowest BCUT2D eigenvalue weighted by Gasteiger charge is -2.09. The molecule has 1 fully saturated rings. The minimum absolute atomic E-state index is 0.575. The number of benzene rings is 1. The highest BCUT2D eigenvalue weighted by molar-refractivity contribution is 5.62. The Hall–Kier alpha value is -1.90. The molecular weight excluding hydrogens is 234 g/mol. The van der Waals surface area contributed by atoms with Crippen LogP contribution < -0.4 is 5.32 Å². The maximum atomic E-state index is 4.72. The van der Waals surface area contributed by atoms with Gasteiger partial charge in [0.15, 0.2) is 0 Å². The standard InChI is InChI=1S/C16H19N3/c1-2-10-17-15-11-14(12-6-4-3-5-7-12)18-16(19-15)13-8-9-13/h3-7,11,13H,2,8-10H2,1H3,(H,17,18,19). The first-order chi connectivity index (χ1) is 9.36. The fraction of sp³-hybridized carbons (Fsp3) is 0.375. The summed E-state index contributed by atoms with van der Waals surface area (Å²) in [5, 5.41) is 3.38.